The van der Waals surface area contributed by atoms with E-state index in [0.717, 1.165) is 6.07 Å². The predicted octanol–water partition coefficient (Wildman–Crippen LogP) is 1.66. The van der Waals surface area contributed by atoms with Crippen LogP contribution in [0.2, 0.25) is 0 Å². The van der Waals surface area contributed by atoms with Gasteiger partial charge in [-0.15, -0.1) is 0 Å². The van der Waals surface area contributed by atoms with Gasteiger partial charge in [-0.05, 0) is 12.5 Å². The Hall–Kier alpha value is -1.38. The maximum atomic E-state index is 12.7. The largest absolute Gasteiger partial charge is 0.508 e. The third kappa shape index (κ3) is 0.897. The average Bonchev–Trinajstić information content (AvgIpc) is 2.33. The molecule has 0 saturated heterocycles. The van der Waals surface area contributed by atoms with Gasteiger partial charge in [-0.3, -0.25) is 4.79 Å². The van der Waals surface area contributed by atoms with Crippen molar-refractivity contribution in [1.29, 1.82) is 0 Å². The fraction of sp³-hybridized carbons (Fsp3) is 0.222. The third-order valence-corrected chi connectivity index (χ3v) is 2.09. The Kier molecular flexibility index (Phi) is 1.40. The molecule has 1 aliphatic carbocycles. The van der Waals surface area contributed by atoms with Crippen molar-refractivity contribution < 1.29 is 14.3 Å². The van der Waals surface area contributed by atoms with Crippen molar-refractivity contribution in [3.8, 4) is 5.75 Å². The zero-order valence-corrected chi connectivity index (χ0v) is 6.30. The fourth-order valence-electron chi connectivity index (χ4n) is 1.51. The normalized spacial score (nSPS) is 14.9. The summed E-state index contributed by atoms with van der Waals surface area (Å²) in [5.41, 5.74) is 0.925. The summed E-state index contributed by atoms with van der Waals surface area (Å²) in [4.78, 5) is 11.1. The lowest BCUT2D eigenvalue weighted by atomic mass is 10.1. The Balaban J connectivity index is 2.68. The lowest BCUT2D eigenvalue weighted by Crippen LogP contribution is -1.92. The maximum absolute atomic E-state index is 12.7. The van der Waals surface area contributed by atoms with Crippen molar-refractivity contribution in [2.24, 2.45) is 0 Å². The second-order valence-electron chi connectivity index (χ2n) is 2.87. The number of benzene rings is 1. The molecule has 0 saturated carbocycles. The van der Waals surface area contributed by atoms with Gasteiger partial charge in [-0.1, -0.05) is 0 Å². The van der Waals surface area contributed by atoms with Crippen LogP contribution in [0.15, 0.2) is 12.1 Å². The van der Waals surface area contributed by atoms with Gasteiger partial charge in [0.2, 0.25) is 0 Å². The minimum absolute atomic E-state index is 0.0835. The summed E-state index contributed by atoms with van der Waals surface area (Å²) in [6.07, 6.45) is 0.909. The number of carbonyl (C=O) groups excluding carboxylic acids is 1. The lowest BCUT2D eigenvalue weighted by Gasteiger charge is -2.00. The number of carbonyl (C=O) groups is 1. The molecule has 0 spiro atoms. The second-order valence-corrected chi connectivity index (χ2v) is 2.87. The van der Waals surface area contributed by atoms with Crippen LogP contribution in [0.3, 0.4) is 0 Å². The first-order valence-corrected chi connectivity index (χ1v) is 3.73. The topological polar surface area (TPSA) is 37.3 Å². The quantitative estimate of drug-likeness (QED) is 0.636. The first kappa shape index (κ1) is 7.28. The van der Waals surface area contributed by atoms with Gasteiger partial charge in [0.15, 0.2) is 5.78 Å². The number of fused-ring (bicyclic) bond motifs is 1. The molecule has 0 atom stereocenters. The number of Topliss-reactive ketones (excluding diaryl/α,β-unsaturated/α-hetero) is 1. The Labute approximate surface area is 68.6 Å². The van der Waals surface area contributed by atoms with Crippen LogP contribution in [-0.4, -0.2) is 10.9 Å². The van der Waals surface area contributed by atoms with Gasteiger partial charge in [0.25, 0.3) is 0 Å². The van der Waals surface area contributed by atoms with Crippen LogP contribution < -0.4 is 0 Å². The molecule has 2 rings (SSSR count). The number of ketones is 1. The number of phenols is 1. The van der Waals surface area contributed by atoms with Gasteiger partial charge in [0.05, 0.1) is 0 Å². The lowest BCUT2D eigenvalue weighted by molar-refractivity contribution is 0.0994. The molecule has 12 heavy (non-hydrogen) atoms. The molecule has 2 nitrogen and oxygen atoms in total. The number of rotatable bonds is 0. The second kappa shape index (κ2) is 2.30. The molecule has 1 aromatic carbocycles. The van der Waals surface area contributed by atoms with Gasteiger partial charge in [-0.25, -0.2) is 4.39 Å². The number of halogens is 1. The number of hydrogen-bond donors (Lipinski definition) is 1. The van der Waals surface area contributed by atoms with Gasteiger partial charge < -0.3 is 5.11 Å². The summed E-state index contributed by atoms with van der Waals surface area (Å²) in [5.74, 6) is -0.739. The number of aromatic hydroxyl groups is 1. The van der Waals surface area contributed by atoms with E-state index < -0.39 is 5.82 Å². The van der Waals surface area contributed by atoms with Crippen molar-refractivity contribution in [1.82, 2.24) is 0 Å². The summed E-state index contributed by atoms with van der Waals surface area (Å²) >= 11 is 0. The van der Waals surface area contributed by atoms with Crippen LogP contribution >= 0.6 is 0 Å². The summed E-state index contributed by atoms with van der Waals surface area (Å²) in [6, 6.07) is 2.22. The van der Waals surface area contributed by atoms with Crippen LogP contribution in [0.4, 0.5) is 4.39 Å². The average molecular weight is 166 g/mol. The molecule has 0 heterocycles. The highest BCUT2D eigenvalue weighted by molar-refractivity contribution is 6.01. The molecule has 1 N–H and O–H groups in total. The molecule has 1 aliphatic rings. The molecule has 0 fully saturated rings. The summed E-state index contributed by atoms with van der Waals surface area (Å²) in [7, 11) is 0. The van der Waals surface area contributed by atoms with Crippen molar-refractivity contribution in [2.45, 2.75) is 12.8 Å². The smallest absolute Gasteiger partial charge is 0.163 e. The summed E-state index contributed by atoms with van der Waals surface area (Å²) < 4.78 is 12.7. The third-order valence-electron chi connectivity index (χ3n) is 2.09. The van der Waals surface area contributed by atoms with E-state index in [0.29, 0.717) is 24.0 Å². The first-order chi connectivity index (χ1) is 5.68. The van der Waals surface area contributed by atoms with Gasteiger partial charge >= 0.3 is 0 Å². The monoisotopic (exact) mass is 166 g/mol. The predicted molar refractivity (Wildman–Crippen MR) is 40.7 cm³/mol. The van der Waals surface area contributed by atoms with E-state index in [2.05, 4.69) is 0 Å². The molecule has 62 valence electrons. The van der Waals surface area contributed by atoms with E-state index in [1.807, 2.05) is 0 Å². The van der Waals surface area contributed by atoms with Crippen LogP contribution in [0.25, 0.3) is 0 Å². The Bertz CT molecular complexity index is 358. The molecule has 0 radical (unpaired) electrons. The standard InChI is InChI=1S/C9H7FO2/c10-5-3-7-6(9(12)4-5)1-2-8(7)11/h3-4,12H,1-2H2. The van der Waals surface area contributed by atoms with Gasteiger partial charge in [0.1, 0.15) is 11.6 Å². The Morgan fingerprint density at radius 1 is 1.33 bits per heavy atom. The molecule has 1 aromatic rings. The highest BCUT2D eigenvalue weighted by Crippen LogP contribution is 2.30. The zero-order valence-electron chi connectivity index (χ0n) is 6.30. The van der Waals surface area contributed by atoms with Crippen molar-refractivity contribution in [2.75, 3.05) is 0 Å². The van der Waals surface area contributed by atoms with Gasteiger partial charge in [-0.2, -0.15) is 0 Å². The van der Waals surface area contributed by atoms with Crippen LogP contribution in [-0.2, 0) is 6.42 Å². The van der Waals surface area contributed by atoms with Crippen molar-refractivity contribution >= 4 is 5.78 Å². The maximum Gasteiger partial charge on any atom is 0.163 e. The van der Waals surface area contributed by atoms with Crippen LogP contribution in [0.5, 0.6) is 5.75 Å². The first-order valence-electron chi connectivity index (χ1n) is 3.73. The molecule has 3 heteroatoms. The van der Waals surface area contributed by atoms with Crippen molar-refractivity contribution in [3.05, 3.63) is 29.1 Å². The minimum Gasteiger partial charge on any atom is -0.508 e. The van der Waals surface area contributed by atoms with E-state index in [4.69, 9.17) is 0 Å². The molecular formula is C9H7FO2. The minimum atomic E-state index is -0.554. The van der Waals surface area contributed by atoms with Gasteiger partial charge in [0, 0.05) is 23.6 Å². The van der Waals surface area contributed by atoms with Crippen LogP contribution in [0, 0.1) is 5.82 Å². The van der Waals surface area contributed by atoms with Crippen molar-refractivity contribution in [3.63, 3.8) is 0 Å². The molecule has 0 aromatic heterocycles. The highest BCUT2D eigenvalue weighted by atomic mass is 19.1. The molecule has 0 aliphatic heterocycles. The van der Waals surface area contributed by atoms with Crippen LogP contribution in [0.1, 0.15) is 22.3 Å². The molecular weight excluding hydrogens is 159 g/mol. The van der Waals surface area contributed by atoms with E-state index >= 15 is 0 Å². The van der Waals surface area contributed by atoms with E-state index in [9.17, 15) is 14.3 Å². The summed E-state index contributed by atoms with van der Waals surface area (Å²) in [6.45, 7) is 0. The zero-order chi connectivity index (χ0) is 8.72. The van der Waals surface area contributed by atoms with E-state index in [-0.39, 0.29) is 11.5 Å². The molecule has 0 unspecified atom stereocenters. The SMILES string of the molecule is O=C1CCc2c(O)cc(F)cc21. The molecule has 0 amide bonds. The van der Waals surface area contributed by atoms with E-state index in [1.165, 1.54) is 6.07 Å². The van der Waals surface area contributed by atoms with E-state index in [1.54, 1.807) is 0 Å². The highest BCUT2D eigenvalue weighted by Gasteiger charge is 2.23. The molecule has 0 bridgehead atoms. The summed E-state index contributed by atoms with van der Waals surface area (Å²) in [5, 5.41) is 9.24. The fourth-order valence-corrected chi connectivity index (χ4v) is 1.51. The Morgan fingerprint density at radius 2 is 2.08 bits per heavy atom. The number of hydrogen-bond acceptors (Lipinski definition) is 2. The Morgan fingerprint density at radius 3 is 2.83 bits per heavy atom. The number of phenolic OH excluding ortho intramolecular Hbond substituents is 1.